The number of nitrogens with two attached hydrogens (primary N) is 1. The molecular formula is C16H23FN4O2S. The Bertz CT molecular complexity index is 789. The van der Waals surface area contributed by atoms with Crippen LogP contribution in [0.3, 0.4) is 0 Å². The third-order valence-electron chi connectivity index (χ3n) is 4.00. The van der Waals surface area contributed by atoms with E-state index >= 15 is 0 Å². The van der Waals surface area contributed by atoms with Gasteiger partial charge in [0.2, 0.25) is 10.0 Å². The molecule has 8 heteroatoms. The van der Waals surface area contributed by atoms with Gasteiger partial charge in [0.05, 0.1) is 12.4 Å². The summed E-state index contributed by atoms with van der Waals surface area (Å²) in [6, 6.07) is 5.98. The normalized spacial score (nSPS) is 13.6. The molecule has 0 fully saturated rings. The molecule has 2 N–H and O–H groups in total. The number of hydrogen-bond acceptors (Lipinski definition) is 4. The van der Waals surface area contributed by atoms with Crippen LogP contribution in [-0.4, -0.2) is 42.1 Å². The van der Waals surface area contributed by atoms with Crippen LogP contribution in [0, 0.1) is 11.7 Å². The molecule has 0 saturated carbocycles. The molecule has 24 heavy (non-hydrogen) atoms. The van der Waals surface area contributed by atoms with Crippen LogP contribution in [-0.2, 0) is 10.0 Å². The first-order valence-corrected chi connectivity index (χ1v) is 9.19. The Hall–Kier alpha value is -1.77. The first-order valence-electron chi connectivity index (χ1n) is 7.75. The minimum atomic E-state index is -3.69. The second-order valence-corrected chi connectivity index (χ2v) is 8.14. The van der Waals surface area contributed by atoms with E-state index < -0.39 is 15.8 Å². The summed E-state index contributed by atoms with van der Waals surface area (Å²) in [7, 11) is -2.19. The summed E-state index contributed by atoms with van der Waals surface area (Å²) in [4.78, 5) is 0.0198. The lowest BCUT2D eigenvalue weighted by molar-refractivity contribution is 0.397. The molecule has 0 aliphatic carbocycles. The zero-order valence-corrected chi connectivity index (χ0v) is 14.9. The van der Waals surface area contributed by atoms with Crippen molar-refractivity contribution in [2.75, 3.05) is 13.6 Å². The molecule has 132 valence electrons. The van der Waals surface area contributed by atoms with Gasteiger partial charge in [0.15, 0.2) is 0 Å². The lowest BCUT2D eigenvalue weighted by Gasteiger charge is -2.20. The van der Waals surface area contributed by atoms with Crippen LogP contribution in [0.25, 0.3) is 5.69 Å². The van der Waals surface area contributed by atoms with E-state index in [1.165, 1.54) is 40.6 Å². The summed E-state index contributed by atoms with van der Waals surface area (Å²) >= 11 is 0. The van der Waals surface area contributed by atoms with Crippen molar-refractivity contribution in [3.63, 3.8) is 0 Å². The Labute approximate surface area is 142 Å². The van der Waals surface area contributed by atoms with E-state index in [1.54, 1.807) is 12.1 Å². The minimum Gasteiger partial charge on any atom is -0.327 e. The Balaban J connectivity index is 2.17. The van der Waals surface area contributed by atoms with Gasteiger partial charge in [-0.15, -0.1) is 0 Å². The van der Waals surface area contributed by atoms with Crippen molar-refractivity contribution in [3.05, 3.63) is 42.5 Å². The third kappa shape index (κ3) is 4.00. The summed E-state index contributed by atoms with van der Waals surface area (Å²) < 4.78 is 41.4. The maximum atomic E-state index is 13.8. The van der Waals surface area contributed by atoms with Gasteiger partial charge < -0.3 is 5.73 Å². The fraction of sp³-hybridized carbons (Fsp3) is 0.438. The van der Waals surface area contributed by atoms with Gasteiger partial charge in [-0.3, -0.25) is 0 Å². The summed E-state index contributed by atoms with van der Waals surface area (Å²) in [6.07, 6.45) is 3.10. The molecule has 0 aliphatic heterocycles. The maximum Gasteiger partial charge on any atom is 0.245 e. The number of benzene rings is 1. The highest BCUT2D eigenvalue weighted by atomic mass is 32.2. The van der Waals surface area contributed by atoms with Crippen LogP contribution >= 0.6 is 0 Å². The third-order valence-corrected chi connectivity index (χ3v) is 5.81. The van der Waals surface area contributed by atoms with Crippen LogP contribution in [0.15, 0.2) is 41.6 Å². The molecule has 2 rings (SSSR count). The van der Waals surface area contributed by atoms with E-state index in [1.807, 2.05) is 13.8 Å². The fourth-order valence-electron chi connectivity index (χ4n) is 2.17. The topological polar surface area (TPSA) is 81.2 Å². The number of halogens is 1. The first-order chi connectivity index (χ1) is 11.2. The largest absolute Gasteiger partial charge is 0.327 e. The highest BCUT2D eigenvalue weighted by molar-refractivity contribution is 7.89. The summed E-state index contributed by atoms with van der Waals surface area (Å²) in [5.41, 5.74) is 6.16. The highest BCUT2D eigenvalue weighted by Gasteiger charge is 2.24. The van der Waals surface area contributed by atoms with Crippen LogP contribution in [0.5, 0.6) is 0 Å². The molecule has 1 atom stereocenters. The van der Waals surface area contributed by atoms with Gasteiger partial charge in [-0.25, -0.2) is 21.8 Å². The Morgan fingerprint density at radius 2 is 2.00 bits per heavy atom. The average molecular weight is 354 g/mol. The Morgan fingerprint density at radius 1 is 1.33 bits per heavy atom. The number of rotatable bonds is 7. The Kier molecular flexibility index (Phi) is 5.74. The van der Waals surface area contributed by atoms with Gasteiger partial charge in [0.25, 0.3) is 0 Å². The summed E-state index contributed by atoms with van der Waals surface area (Å²) in [5.74, 6) is -0.189. The fourth-order valence-corrected chi connectivity index (χ4v) is 3.29. The number of sulfonamides is 1. The predicted octanol–water partition coefficient (Wildman–Crippen LogP) is 2.01. The second kappa shape index (κ2) is 7.42. The quantitative estimate of drug-likeness (QED) is 0.825. The molecule has 0 radical (unpaired) electrons. The zero-order valence-electron chi connectivity index (χ0n) is 14.1. The monoisotopic (exact) mass is 354 g/mol. The van der Waals surface area contributed by atoms with Crippen molar-refractivity contribution in [1.82, 2.24) is 14.1 Å². The molecule has 1 aromatic carbocycles. The van der Waals surface area contributed by atoms with Crippen LogP contribution in [0.1, 0.15) is 20.3 Å². The van der Waals surface area contributed by atoms with Gasteiger partial charge in [-0.1, -0.05) is 26.0 Å². The molecule has 0 saturated heterocycles. The van der Waals surface area contributed by atoms with Crippen LogP contribution in [0.2, 0.25) is 0 Å². The summed E-state index contributed by atoms with van der Waals surface area (Å²) in [6.45, 7) is 4.31. The van der Waals surface area contributed by atoms with E-state index in [-0.39, 0.29) is 22.5 Å². The highest BCUT2D eigenvalue weighted by Crippen LogP contribution is 2.18. The van der Waals surface area contributed by atoms with Crippen molar-refractivity contribution in [2.45, 2.75) is 31.2 Å². The Morgan fingerprint density at radius 3 is 2.62 bits per heavy atom. The van der Waals surface area contributed by atoms with E-state index in [9.17, 15) is 12.8 Å². The number of para-hydroxylation sites is 1. The smallest absolute Gasteiger partial charge is 0.245 e. The van der Waals surface area contributed by atoms with Crippen LogP contribution < -0.4 is 5.73 Å². The second-order valence-electron chi connectivity index (χ2n) is 6.10. The van der Waals surface area contributed by atoms with E-state index in [4.69, 9.17) is 5.73 Å². The zero-order chi connectivity index (χ0) is 17.9. The molecule has 0 spiro atoms. The maximum absolute atomic E-state index is 13.8. The van der Waals surface area contributed by atoms with Gasteiger partial charge >= 0.3 is 0 Å². The molecule has 1 heterocycles. The lowest BCUT2D eigenvalue weighted by Crippen LogP contribution is -2.34. The van der Waals surface area contributed by atoms with Crippen molar-refractivity contribution in [2.24, 2.45) is 11.7 Å². The SMILES string of the molecule is CC(C)C(N)CCN(C)S(=O)(=O)c1cnn(-c2ccccc2F)c1. The van der Waals surface area contributed by atoms with Gasteiger partial charge in [-0.05, 0) is 24.5 Å². The number of aromatic nitrogens is 2. The average Bonchev–Trinajstić information content (AvgIpc) is 3.02. The minimum absolute atomic E-state index is 0.0198. The van der Waals surface area contributed by atoms with E-state index in [0.29, 0.717) is 13.0 Å². The molecule has 0 bridgehead atoms. The molecular weight excluding hydrogens is 331 g/mol. The van der Waals surface area contributed by atoms with E-state index in [2.05, 4.69) is 5.10 Å². The molecule has 1 unspecified atom stereocenters. The first kappa shape index (κ1) is 18.6. The number of nitrogens with zero attached hydrogens (tertiary/aromatic N) is 3. The molecule has 2 aromatic rings. The van der Waals surface area contributed by atoms with Crippen LogP contribution in [0.4, 0.5) is 4.39 Å². The summed E-state index contributed by atoms with van der Waals surface area (Å²) in [5, 5.41) is 3.97. The van der Waals surface area contributed by atoms with Crippen molar-refractivity contribution < 1.29 is 12.8 Å². The number of hydrogen-bond donors (Lipinski definition) is 1. The molecule has 6 nitrogen and oxygen atoms in total. The molecule has 0 amide bonds. The van der Waals surface area contributed by atoms with Gasteiger partial charge in [-0.2, -0.15) is 5.10 Å². The van der Waals surface area contributed by atoms with Gasteiger partial charge in [0.1, 0.15) is 16.4 Å². The molecule has 1 aromatic heterocycles. The van der Waals surface area contributed by atoms with E-state index in [0.717, 1.165) is 0 Å². The van der Waals surface area contributed by atoms with Crippen molar-refractivity contribution in [3.8, 4) is 5.69 Å². The van der Waals surface area contributed by atoms with Crippen molar-refractivity contribution >= 4 is 10.0 Å². The van der Waals surface area contributed by atoms with Gasteiger partial charge in [0, 0.05) is 19.6 Å². The predicted molar refractivity (Wildman–Crippen MR) is 90.8 cm³/mol. The molecule has 0 aliphatic rings. The lowest BCUT2D eigenvalue weighted by atomic mass is 10.0. The standard InChI is InChI=1S/C16H23FN4O2S/c1-12(2)15(18)8-9-20(3)24(22,23)13-10-19-21(11-13)16-7-5-4-6-14(16)17/h4-7,10-12,15H,8-9,18H2,1-3H3. The van der Waals surface area contributed by atoms with Crippen molar-refractivity contribution in [1.29, 1.82) is 0 Å².